The minimum absolute atomic E-state index is 0.00849. The van der Waals surface area contributed by atoms with E-state index in [1.807, 2.05) is 0 Å². The summed E-state index contributed by atoms with van der Waals surface area (Å²) in [5.74, 6) is 3.99. The number of alkyl halides is 3. The third-order valence-corrected chi connectivity index (χ3v) is 3.06. The van der Waals surface area contributed by atoms with E-state index in [1.165, 1.54) is 18.4 Å². The molecular formula is C12H9ClF4N2O. The van der Waals surface area contributed by atoms with Gasteiger partial charge in [-0.15, -0.1) is 0 Å². The summed E-state index contributed by atoms with van der Waals surface area (Å²) in [6.45, 7) is 0. The molecule has 0 bridgehead atoms. The van der Waals surface area contributed by atoms with Gasteiger partial charge < -0.3 is 4.42 Å². The summed E-state index contributed by atoms with van der Waals surface area (Å²) in [6, 6.07) is 3.23. The van der Waals surface area contributed by atoms with Crippen LogP contribution in [0.2, 0.25) is 5.22 Å². The van der Waals surface area contributed by atoms with Gasteiger partial charge in [0, 0.05) is 5.56 Å². The summed E-state index contributed by atoms with van der Waals surface area (Å²) in [7, 11) is 0. The maximum absolute atomic E-state index is 13.2. The van der Waals surface area contributed by atoms with Crippen molar-refractivity contribution in [2.45, 2.75) is 12.2 Å². The molecule has 0 fully saturated rings. The standard InChI is InChI=1S/C12H9ClF4N2O/c13-11-7(3-4-20-11)10(19-18)6-1-2-9(14)8(5-6)12(15,16)17/h1-5,10,19H,18H2. The molecule has 0 aliphatic heterocycles. The van der Waals surface area contributed by atoms with Gasteiger partial charge in [0.25, 0.3) is 0 Å². The lowest BCUT2D eigenvalue weighted by Crippen LogP contribution is -2.29. The SMILES string of the molecule is NNC(c1ccc(F)c(C(F)(F)F)c1)c1ccoc1Cl. The van der Waals surface area contributed by atoms with Crippen LogP contribution in [-0.4, -0.2) is 0 Å². The highest BCUT2D eigenvalue weighted by atomic mass is 35.5. The molecule has 1 aromatic heterocycles. The average Bonchev–Trinajstić information content (AvgIpc) is 2.77. The van der Waals surface area contributed by atoms with E-state index in [9.17, 15) is 17.6 Å². The first-order chi connectivity index (χ1) is 9.34. The van der Waals surface area contributed by atoms with Crippen LogP contribution in [0.4, 0.5) is 17.6 Å². The quantitative estimate of drug-likeness (QED) is 0.517. The first-order valence-electron chi connectivity index (χ1n) is 5.40. The van der Waals surface area contributed by atoms with Crippen molar-refractivity contribution in [3.05, 3.63) is 58.3 Å². The molecule has 20 heavy (non-hydrogen) atoms. The highest BCUT2D eigenvalue weighted by molar-refractivity contribution is 6.29. The molecule has 1 aromatic carbocycles. The topological polar surface area (TPSA) is 51.2 Å². The summed E-state index contributed by atoms with van der Waals surface area (Å²) in [4.78, 5) is 0. The molecule has 0 radical (unpaired) electrons. The monoisotopic (exact) mass is 308 g/mol. The van der Waals surface area contributed by atoms with E-state index in [0.29, 0.717) is 11.6 Å². The molecule has 0 saturated carbocycles. The fraction of sp³-hybridized carbons (Fsp3) is 0.167. The number of hydrogen-bond donors (Lipinski definition) is 2. The van der Waals surface area contributed by atoms with Crippen LogP contribution in [0.1, 0.15) is 22.7 Å². The molecule has 2 rings (SSSR count). The van der Waals surface area contributed by atoms with Gasteiger partial charge >= 0.3 is 6.18 Å². The minimum atomic E-state index is -4.79. The van der Waals surface area contributed by atoms with Crippen molar-refractivity contribution >= 4 is 11.6 Å². The largest absolute Gasteiger partial charge is 0.453 e. The van der Waals surface area contributed by atoms with Crippen LogP contribution in [0.25, 0.3) is 0 Å². The van der Waals surface area contributed by atoms with E-state index in [4.69, 9.17) is 21.9 Å². The second-order valence-electron chi connectivity index (χ2n) is 3.99. The molecule has 0 saturated heterocycles. The smallest absolute Gasteiger partial charge is 0.419 e. The molecule has 8 heteroatoms. The summed E-state index contributed by atoms with van der Waals surface area (Å²) < 4.78 is 56.1. The molecule has 0 aliphatic carbocycles. The van der Waals surface area contributed by atoms with Crippen molar-refractivity contribution in [3.63, 3.8) is 0 Å². The van der Waals surface area contributed by atoms with Crippen LogP contribution in [0.3, 0.4) is 0 Å². The summed E-state index contributed by atoms with van der Waals surface area (Å²) in [5.41, 5.74) is 1.43. The highest BCUT2D eigenvalue weighted by Crippen LogP contribution is 2.35. The average molecular weight is 309 g/mol. The molecule has 0 aliphatic rings. The van der Waals surface area contributed by atoms with Gasteiger partial charge in [-0.3, -0.25) is 5.84 Å². The molecule has 0 spiro atoms. The van der Waals surface area contributed by atoms with Gasteiger partial charge in [0.05, 0.1) is 17.9 Å². The Morgan fingerprint density at radius 3 is 2.45 bits per heavy atom. The predicted octanol–water partition coefficient (Wildman–Crippen LogP) is 3.64. The van der Waals surface area contributed by atoms with Crippen molar-refractivity contribution in [3.8, 4) is 0 Å². The Hall–Kier alpha value is -1.57. The Kier molecular flexibility index (Phi) is 4.03. The number of benzene rings is 1. The number of hydrogen-bond acceptors (Lipinski definition) is 3. The minimum Gasteiger partial charge on any atom is -0.453 e. The van der Waals surface area contributed by atoms with Crippen LogP contribution in [0, 0.1) is 5.82 Å². The molecule has 2 aromatic rings. The van der Waals surface area contributed by atoms with Crippen LogP contribution in [0.15, 0.2) is 34.9 Å². The molecular weight excluding hydrogens is 300 g/mol. The number of nitrogens with one attached hydrogen (secondary N) is 1. The highest BCUT2D eigenvalue weighted by Gasteiger charge is 2.35. The molecule has 1 atom stereocenters. The summed E-state index contributed by atoms with van der Waals surface area (Å²) >= 11 is 5.77. The third kappa shape index (κ3) is 2.79. The van der Waals surface area contributed by atoms with Crippen molar-refractivity contribution in [2.24, 2.45) is 5.84 Å². The van der Waals surface area contributed by atoms with E-state index in [2.05, 4.69) is 5.43 Å². The fourth-order valence-electron chi connectivity index (χ4n) is 1.82. The normalized spacial score (nSPS) is 13.5. The number of hydrazine groups is 1. The Balaban J connectivity index is 2.49. The Morgan fingerprint density at radius 2 is 1.95 bits per heavy atom. The van der Waals surface area contributed by atoms with Gasteiger partial charge in [-0.25, -0.2) is 9.82 Å². The zero-order chi connectivity index (χ0) is 14.9. The zero-order valence-corrected chi connectivity index (χ0v) is 10.6. The second-order valence-corrected chi connectivity index (χ2v) is 4.33. The van der Waals surface area contributed by atoms with Crippen LogP contribution >= 0.6 is 11.6 Å². The summed E-state index contributed by atoms with van der Waals surface area (Å²) in [6.07, 6.45) is -3.52. The Morgan fingerprint density at radius 1 is 1.25 bits per heavy atom. The first-order valence-corrected chi connectivity index (χ1v) is 5.78. The van der Waals surface area contributed by atoms with Gasteiger partial charge in [-0.1, -0.05) is 6.07 Å². The predicted molar refractivity (Wildman–Crippen MR) is 64.3 cm³/mol. The maximum Gasteiger partial charge on any atom is 0.419 e. The Labute approximate surface area is 116 Å². The summed E-state index contributed by atoms with van der Waals surface area (Å²) in [5, 5.41) is -0.00849. The molecule has 3 nitrogen and oxygen atoms in total. The van der Waals surface area contributed by atoms with Gasteiger partial charge in [0.15, 0.2) is 5.22 Å². The van der Waals surface area contributed by atoms with Crippen molar-refractivity contribution in [1.82, 2.24) is 5.43 Å². The van der Waals surface area contributed by atoms with Gasteiger partial charge in [0.2, 0.25) is 0 Å². The van der Waals surface area contributed by atoms with Gasteiger partial charge in [-0.2, -0.15) is 13.2 Å². The van der Waals surface area contributed by atoms with E-state index in [1.54, 1.807) is 0 Å². The fourth-order valence-corrected chi connectivity index (χ4v) is 2.04. The third-order valence-electron chi connectivity index (χ3n) is 2.75. The molecule has 1 heterocycles. The van der Waals surface area contributed by atoms with Crippen LogP contribution in [0.5, 0.6) is 0 Å². The maximum atomic E-state index is 13.2. The van der Waals surface area contributed by atoms with Gasteiger partial charge in [0.1, 0.15) is 5.82 Å². The first kappa shape index (κ1) is 14.8. The lowest BCUT2D eigenvalue weighted by atomic mass is 9.99. The molecule has 1 unspecified atom stereocenters. The number of furan rings is 1. The molecule has 0 amide bonds. The van der Waals surface area contributed by atoms with E-state index >= 15 is 0 Å². The number of rotatable bonds is 3. The van der Waals surface area contributed by atoms with Crippen LogP contribution < -0.4 is 11.3 Å². The van der Waals surface area contributed by atoms with Gasteiger partial charge in [-0.05, 0) is 35.4 Å². The number of halogens is 5. The zero-order valence-electron chi connectivity index (χ0n) is 9.84. The van der Waals surface area contributed by atoms with E-state index < -0.39 is 23.6 Å². The van der Waals surface area contributed by atoms with Crippen molar-refractivity contribution in [1.29, 1.82) is 0 Å². The Bertz CT molecular complexity index is 612. The number of nitrogens with two attached hydrogens (primary N) is 1. The molecule has 3 N–H and O–H groups in total. The lowest BCUT2D eigenvalue weighted by molar-refractivity contribution is -0.140. The van der Waals surface area contributed by atoms with E-state index in [-0.39, 0.29) is 10.8 Å². The van der Waals surface area contributed by atoms with Crippen molar-refractivity contribution < 1.29 is 22.0 Å². The van der Waals surface area contributed by atoms with Crippen molar-refractivity contribution in [2.75, 3.05) is 0 Å². The molecule has 108 valence electrons. The van der Waals surface area contributed by atoms with Crippen LogP contribution in [-0.2, 0) is 6.18 Å². The second kappa shape index (κ2) is 5.43. The van der Waals surface area contributed by atoms with E-state index in [0.717, 1.165) is 6.07 Å². The lowest BCUT2D eigenvalue weighted by Gasteiger charge is -2.17.